The van der Waals surface area contributed by atoms with Crippen molar-refractivity contribution in [3.8, 4) is 22.5 Å². The third-order valence-electron chi connectivity index (χ3n) is 8.59. The van der Waals surface area contributed by atoms with Crippen LogP contribution in [0, 0.1) is 47.9 Å². The number of carboxylic acid groups (broad SMARTS) is 1. The summed E-state index contributed by atoms with van der Waals surface area (Å²) in [6, 6.07) is 20.8. The SMILES string of the molecule is CNC(=O)c1ccc(-c2csc(Cc3cc(C)c([N+](=O)[O-])cc3C)n2)cc1.Cc1cc([N+](=O)[O-])c(C)cc1Cc1nc(-c2ccc(C(=O)O)cc2)cs1. The summed E-state index contributed by atoms with van der Waals surface area (Å²) in [7, 11) is 1.60. The van der Waals surface area contributed by atoms with Gasteiger partial charge < -0.3 is 10.4 Å². The van der Waals surface area contributed by atoms with E-state index in [1.807, 2.05) is 48.9 Å². The van der Waals surface area contributed by atoms with Gasteiger partial charge >= 0.3 is 5.97 Å². The molecule has 14 heteroatoms. The van der Waals surface area contributed by atoms with E-state index in [1.54, 1.807) is 80.8 Å². The van der Waals surface area contributed by atoms with E-state index in [-0.39, 0.29) is 32.7 Å². The van der Waals surface area contributed by atoms with Crippen LogP contribution in [0.2, 0.25) is 0 Å². The lowest BCUT2D eigenvalue weighted by atomic mass is 10.0. The van der Waals surface area contributed by atoms with Gasteiger partial charge in [0.05, 0.1) is 36.8 Å². The molecule has 0 fully saturated rings. The number of nitrogens with one attached hydrogen (secondary N) is 1. The fraction of sp³-hybridized carbons (Fsp3) is 0.179. The van der Waals surface area contributed by atoms with E-state index in [9.17, 15) is 29.8 Å². The van der Waals surface area contributed by atoms with E-state index in [4.69, 9.17) is 5.11 Å². The number of nitro groups is 2. The van der Waals surface area contributed by atoms with Crippen molar-refractivity contribution in [2.45, 2.75) is 40.5 Å². The maximum Gasteiger partial charge on any atom is 0.335 e. The zero-order chi connectivity index (χ0) is 38.4. The van der Waals surface area contributed by atoms with E-state index >= 15 is 0 Å². The number of hydrogen-bond acceptors (Lipinski definition) is 10. The van der Waals surface area contributed by atoms with E-state index in [2.05, 4.69) is 15.3 Å². The van der Waals surface area contributed by atoms with Crippen molar-refractivity contribution in [3.63, 3.8) is 0 Å². The number of carbonyl (C=O) groups excluding carboxylic acids is 1. The molecule has 4 aromatic carbocycles. The molecule has 0 saturated heterocycles. The van der Waals surface area contributed by atoms with Crippen molar-refractivity contribution < 1.29 is 24.5 Å². The predicted molar refractivity (Wildman–Crippen MR) is 206 cm³/mol. The Bertz CT molecular complexity index is 2330. The number of aromatic carboxylic acids is 1. The quantitative estimate of drug-likeness (QED) is 0.102. The van der Waals surface area contributed by atoms with Crippen molar-refractivity contribution >= 4 is 45.9 Å². The highest BCUT2D eigenvalue weighted by molar-refractivity contribution is 7.10. The minimum Gasteiger partial charge on any atom is -0.478 e. The molecule has 0 spiro atoms. The number of hydrogen-bond donors (Lipinski definition) is 2. The first kappa shape index (κ1) is 38.1. The third-order valence-corrected chi connectivity index (χ3v) is 10.3. The zero-order valence-electron chi connectivity index (χ0n) is 29.5. The van der Waals surface area contributed by atoms with Crippen LogP contribution in [0.3, 0.4) is 0 Å². The molecule has 12 nitrogen and oxygen atoms in total. The molecule has 0 aliphatic rings. The van der Waals surface area contributed by atoms with Gasteiger partial charge in [-0.15, -0.1) is 22.7 Å². The summed E-state index contributed by atoms with van der Waals surface area (Å²) in [5.41, 5.74) is 9.66. The number of nitro benzene ring substituents is 2. The molecule has 270 valence electrons. The fourth-order valence-electron chi connectivity index (χ4n) is 5.59. The van der Waals surface area contributed by atoms with Gasteiger partial charge in [0.2, 0.25) is 0 Å². The molecular formula is C39H35N5O7S2. The van der Waals surface area contributed by atoms with E-state index < -0.39 is 5.97 Å². The van der Waals surface area contributed by atoms with Crippen molar-refractivity contribution in [1.82, 2.24) is 15.3 Å². The van der Waals surface area contributed by atoms with E-state index in [0.717, 1.165) is 54.8 Å². The van der Waals surface area contributed by atoms with Gasteiger partial charge in [-0.2, -0.15) is 0 Å². The summed E-state index contributed by atoms with van der Waals surface area (Å²) in [4.78, 5) is 53.2. The molecule has 53 heavy (non-hydrogen) atoms. The highest BCUT2D eigenvalue weighted by Crippen LogP contribution is 2.29. The Labute approximate surface area is 313 Å². The number of nitrogens with zero attached hydrogens (tertiary/aromatic N) is 4. The molecule has 0 radical (unpaired) electrons. The van der Waals surface area contributed by atoms with Gasteiger partial charge in [0, 0.05) is 70.6 Å². The minimum absolute atomic E-state index is 0.121. The number of aryl methyl sites for hydroxylation is 4. The third kappa shape index (κ3) is 9.22. The van der Waals surface area contributed by atoms with Gasteiger partial charge in [0.25, 0.3) is 17.3 Å². The van der Waals surface area contributed by atoms with Crippen LogP contribution < -0.4 is 5.32 Å². The molecule has 0 saturated carbocycles. The summed E-state index contributed by atoms with van der Waals surface area (Å²) in [5.74, 6) is -1.08. The largest absolute Gasteiger partial charge is 0.478 e. The molecule has 2 N–H and O–H groups in total. The number of thiazole rings is 2. The summed E-state index contributed by atoms with van der Waals surface area (Å²) < 4.78 is 0. The van der Waals surface area contributed by atoms with Crippen LogP contribution in [0.15, 0.2) is 83.6 Å². The first-order valence-electron chi connectivity index (χ1n) is 16.3. The van der Waals surface area contributed by atoms with Crippen LogP contribution >= 0.6 is 22.7 Å². The smallest absolute Gasteiger partial charge is 0.335 e. The Morgan fingerprint density at radius 1 is 0.660 bits per heavy atom. The van der Waals surface area contributed by atoms with Gasteiger partial charge in [0.15, 0.2) is 0 Å². The number of carboxylic acids is 1. The minimum atomic E-state index is -0.959. The molecule has 0 bridgehead atoms. The van der Waals surface area contributed by atoms with Crippen molar-refractivity contribution in [2.75, 3.05) is 7.05 Å². The Balaban J connectivity index is 0.000000204. The average Bonchev–Trinajstić information content (AvgIpc) is 3.81. The maximum absolute atomic E-state index is 11.6. The highest BCUT2D eigenvalue weighted by Gasteiger charge is 2.17. The molecule has 0 aliphatic carbocycles. The van der Waals surface area contributed by atoms with Crippen LogP contribution in [0.25, 0.3) is 22.5 Å². The van der Waals surface area contributed by atoms with Crippen LogP contribution in [0.5, 0.6) is 0 Å². The fourth-order valence-corrected chi connectivity index (χ4v) is 7.24. The van der Waals surface area contributed by atoms with Crippen LogP contribution in [-0.4, -0.2) is 43.8 Å². The normalized spacial score (nSPS) is 10.7. The van der Waals surface area contributed by atoms with Gasteiger partial charge in [-0.3, -0.25) is 25.0 Å². The Morgan fingerprint density at radius 3 is 1.42 bits per heavy atom. The Kier molecular flexibility index (Phi) is 11.9. The first-order valence-corrected chi connectivity index (χ1v) is 18.0. The van der Waals surface area contributed by atoms with Gasteiger partial charge in [-0.25, -0.2) is 14.8 Å². The van der Waals surface area contributed by atoms with Crippen LogP contribution in [0.1, 0.15) is 64.1 Å². The second-order valence-electron chi connectivity index (χ2n) is 12.3. The van der Waals surface area contributed by atoms with Gasteiger partial charge in [0.1, 0.15) is 0 Å². The standard InChI is InChI=1S/C20H19N3O3S.C19H16N2O4S/c1-12-9-18(23(25)26)13(2)8-16(12)10-19-22-17(11-27-19)14-4-6-15(7-5-14)20(24)21-3;1-11-8-17(21(24)25)12(2)7-15(11)9-18-20-16(10-26-18)13-3-5-14(6-4-13)19(22)23/h4-9,11H,10H2,1-3H3,(H,21,24);3-8,10H,9H2,1-2H3,(H,22,23). The Morgan fingerprint density at radius 2 is 1.06 bits per heavy atom. The maximum atomic E-state index is 11.6. The monoisotopic (exact) mass is 749 g/mol. The lowest BCUT2D eigenvalue weighted by Gasteiger charge is -2.06. The molecule has 6 aromatic rings. The number of rotatable bonds is 10. The Hall–Kier alpha value is -6.12. The van der Waals surface area contributed by atoms with Crippen LogP contribution in [-0.2, 0) is 12.8 Å². The second-order valence-corrected chi connectivity index (χ2v) is 14.2. The molecule has 1 amide bonds. The van der Waals surface area contributed by atoms with E-state index in [1.165, 1.54) is 11.3 Å². The molecule has 2 heterocycles. The average molecular weight is 750 g/mol. The lowest BCUT2D eigenvalue weighted by Crippen LogP contribution is -2.17. The number of aromatic nitrogens is 2. The topological polar surface area (TPSA) is 178 Å². The molecule has 0 aliphatic heterocycles. The molecule has 0 unspecified atom stereocenters. The zero-order valence-corrected chi connectivity index (χ0v) is 31.1. The summed E-state index contributed by atoms with van der Waals surface area (Å²) in [5, 5.41) is 39.4. The molecule has 2 aromatic heterocycles. The first-order chi connectivity index (χ1) is 25.2. The highest BCUT2D eigenvalue weighted by atomic mass is 32.1. The van der Waals surface area contributed by atoms with Crippen molar-refractivity contribution in [2.24, 2.45) is 0 Å². The number of carbonyl (C=O) groups is 2. The van der Waals surface area contributed by atoms with Gasteiger partial charge in [-0.05, 0) is 86.3 Å². The summed E-state index contributed by atoms with van der Waals surface area (Å²) in [6.07, 6.45) is 1.23. The summed E-state index contributed by atoms with van der Waals surface area (Å²) in [6.45, 7) is 7.23. The predicted octanol–water partition coefficient (Wildman–Crippen LogP) is 8.91. The van der Waals surface area contributed by atoms with Crippen molar-refractivity contribution in [3.05, 3.63) is 158 Å². The lowest BCUT2D eigenvalue weighted by molar-refractivity contribution is -0.385. The second kappa shape index (κ2) is 16.5. The van der Waals surface area contributed by atoms with Crippen LogP contribution in [0.4, 0.5) is 11.4 Å². The number of amides is 1. The number of benzene rings is 4. The summed E-state index contributed by atoms with van der Waals surface area (Å²) >= 11 is 3.07. The van der Waals surface area contributed by atoms with Gasteiger partial charge in [-0.1, -0.05) is 24.3 Å². The van der Waals surface area contributed by atoms with E-state index in [0.29, 0.717) is 29.5 Å². The van der Waals surface area contributed by atoms with Crippen molar-refractivity contribution in [1.29, 1.82) is 0 Å². The molecule has 0 atom stereocenters. The molecular weight excluding hydrogens is 715 g/mol. The molecule has 6 rings (SSSR count).